The number of fused-ring (bicyclic) bond motifs is 1. The second-order valence-electron chi connectivity index (χ2n) is 3.12. The molecule has 0 amide bonds. The second-order valence-corrected chi connectivity index (χ2v) is 4.77. The van der Waals surface area contributed by atoms with Crippen LogP contribution in [0.2, 0.25) is 0 Å². The van der Waals surface area contributed by atoms with Crippen LogP contribution in [-0.4, -0.2) is 14.5 Å². The summed E-state index contributed by atoms with van der Waals surface area (Å²) in [5.74, 6) is 0. The molecule has 0 aliphatic rings. The van der Waals surface area contributed by atoms with Crippen LogP contribution in [-0.2, 0) is 6.54 Å². The molecule has 2 rings (SSSR count). The molecule has 0 radical (unpaired) electrons. The molecule has 2 aromatic heterocycles. The van der Waals surface area contributed by atoms with Crippen molar-refractivity contribution in [3.05, 3.63) is 36.0 Å². The minimum Gasteiger partial charge on any atom is -0.278 e. The number of aromatic nitrogens is 3. The molecule has 0 aliphatic heterocycles. The number of hydrogen-bond acceptors (Lipinski definition) is 3. The Morgan fingerprint density at radius 1 is 1.44 bits per heavy atom. The Bertz CT molecular complexity index is 675. The molecule has 7 heteroatoms. The first-order valence-corrected chi connectivity index (χ1v) is 6.11. The van der Waals surface area contributed by atoms with Gasteiger partial charge in [0.05, 0.1) is 9.86 Å². The summed E-state index contributed by atoms with van der Waals surface area (Å²) in [6, 6.07) is 0. The largest absolute Gasteiger partial charge is 0.329 e. The fourth-order valence-electron chi connectivity index (χ4n) is 1.48. The van der Waals surface area contributed by atoms with Crippen LogP contribution in [0.25, 0.3) is 11.0 Å². The standard InChI is InChI=1S/C9H7Br2N3O2/c1-2-14-7-5(8(15)13-9(14)16)6(11)4(10)3-12-7/h3H,2H2,1H3,(H,13,15,16). The van der Waals surface area contributed by atoms with Crippen molar-refractivity contribution < 1.29 is 0 Å². The molecule has 16 heavy (non-hydrogen) atoms. The van der Waals surface area contributed by atoms with Crippen LogP contribution in [0.1, 0.15) is 6.92 Å². The lowest BCUT2D eigenvalue weighted by molar-refractivity contribution is 0.717. The van der Waals surface area contributed by atoms with E-state index >= 15 is 0 Å². The zero-order chi connectivity index (χ0) is 11.9. The van der Waals surface area contributed by atoms with Crippen molar-refractivity contribution in [1.82, 2.24) is 14.5 Å². The Morgan fingerprint density at radius 3 is 2.75 bits per heavy atom. The Morgan fingerprint density at radius 2 is 2.12 bits per heavy atom. The van der Waals surface area contributed by atoms with Crippen molar-refractivity contribution in [2.24, 2.45) is 0 Å². The molecule has 0 atom stereocenters. The Hall–Kier alpha value is -0.950. The average Bonchev–Trinajstić information content (AvgIpc) is 2.23. The van der Waals surface area contributed by atoms with Gasteiger partial charge < -0.3 is 0 Å². The fourth-order valence-corrected chi connectivity index (χ4v) is 2.24. The van der Waals surface area contributed by atoms with Crippen LogP contribution >= 0.6 is 31.9 Å². The van der Waals surface area contributed by atoms with Crippen molar-refractivity contribution in [2.45, 2.75) is 13.5 Å². The van der Waals surface area contributed by atoms with Crippen LogP contribution in [0.4, 0.5) is 0 Å². The molecule has 0 bridgehead atoms. The molecule has 0 spiro atoms. The SMILES string of the molecule is CCn1c(=O)[nH]c(=O)c2c(Br)c(Br)cnc21. The molecule has 1 N–H and O–H groups in total. The highest BCUT2D eigenvalue weighted by atomic mass is 79.9. The van der Waals surface area contributed by atoms with Crippen molar-refractivity contribution in [3.63, 3.8) is 0 Å². The molecule has 0 aromatic carbocycles. The highest BCUT2D eigenvalue weighted by molar-refractivity contribution is 9.13. The van der Waals surface area contributed by atoms with Crippen LogP contribution < -0.4 is 11.2 Å². The van der Waals surface area contributed by atoms with E-state index in [4.69, 9.17) is 0 Å². The van der Waals surface area contributed by atoms with Gasteiger partial charge in [0, 0.05) is 17.2 Å². The molecule has 0 saturated carbocycles. The number of rotatable bonds is 1. The van der Waals surface area contributed by atoms with Gasteiger partial charge in [-0.2, -0.15) is 0 Å². The lowest BCUT2D eigenvalue weighted by atomic mass is 10.3. The van der Waals surface area contributed by atoms with Crippen molar-refractivity contribution in [3.8, 4) is 0 Å². The van der Waals surface area contributed by atoms with Crippen molar-refractivity contribution in [1.29, 1.82) is 0 Å². The summed E-state index contributed by atoms with van der Waals surface area (Å²) in [7, 11) is 0. The van der Waals surface area contributed by atoms with Gasteiger partial charge in [-0.1, -0.05) is 0 Å². The van der Waals surface area contributed by atoms with Gasteiger partial charge in [-0.3, -0.25) is 14.3 Å². The molecular formula is C9H7Br2N3O2. The number of halogens is 2. The quantitative estimate of drug-likeness (QED) is 0.851. The molecule has 2 aromatic rings. The number of aryl methyl sites for hydroxylation is 1. The van der Waals surface area contributed by atoms with E-state index in [1.165, 1.54) is 4.57 Å². The van der Waals surface area contributed by atoms with Gasteiger partial charge >= 0.3 is 5.69 Å². The lowest BCUT2D eigenvalue weighted by Gasteiger charge is -2.07. The summed E-state index contributed by atoms with van der Waals surface area (Å²) in [6.07, 6.45) is 1.55. The van der Waals surface area contributed by atoms with Gasteiger partial charge in [-0.05, 0) is 38.8 Å². The number of nitrogens with one attached hydrogen (secondary N) is 1. The van der Waals surface area contributed by atoms with Crippen molar-refractivity contribution >= 4 is 42.9 Å². The molecule has 0 fully saturated rings. The van der Waals surface area contributed by atoms with E-state index in [9.17, 15) is 9.59 Å². The Kier molecular flexibility index (Phi) is 2.98. The highest BCUT2D eigenvalue weighted by Gasteiger charge is 2.12. The molecule has 5 nitrogen and oxygen atoms in total. The summed E-state index contributed by atoms with van der Waals surface area (Å²) in [4.78, 5) is 29.6. The normalized spacial score (nSPS) is 10.9. The van der Waals surface area contributed by atoms with Gasteiger partial charge in [0.15, 0.2) is 5.65 Å². The van der Waals surface area contributed by atoms with Gasteiger partial charge in [-0.25, -0.2) is 9.78 Å². The number of pyridine rings is 1. The first-order valence-electron chi connectivity index (χ1n) is 4.53. The van der Waals surface area contributed by atoms with E-state index < -0.39 is 11.2 Å². The van der Waals surface area contributed by atoms with Crippen molar-refractivity contribution in [2.75, 3.05) is 0 Å². The molecule has 2 heterocycles. The first kappa shape index (κ1) is 11.5. The summed E-state index contributed by atoms with van der Waals surface area (Å²) in [5, 5.41) is 0.371. The number of H-pyrrole nitrogens is 1. The van der Waals surface area contributed by atoms with E-state index in [1.54, 1.807) is 6.20 Å². The first-order chi connectivity index (χ1) is 7.56. The summed E-state index contributed by atoms with van der Waals surface area (Å²) in [5.41, 5.74) is -0.501. The van der Waals surface area contributed by atoms with E-state index in [2.05, 4.69) is 41.8 Å². The van der Waals surface area contributed by atoms with Gasteiger partial charge in [0.1, 0.15) is 0 Å². The van der Waals surface area contributed by atoms with Gasteiger partial charge in [-0.15, -0.1) is 0 Å². The summed E-state index contributed by atoms with van der Waals surface area (Å²) < 4.78 is 2.68. The van der Waals surface area contributed by atoms with E-state index in [0.717, 1.165) is 0 Å². The van der Waals surface area contributed by atoms with Crippen LogP contribution in [0.5, 0.6) is 0 Å². The van der Waals surface area contributed by atoms with Gasteiger partial charge in [0.2, 0.25) is 0 Å². The molecule has 0 aliphatic carbocycles. The fraction of sp³-hybridized carbons (Fsp3) is 0.222. The maximum atomic E-state index is 11.7. The van der Waals surface area contributed by atoms with Crippen LogP contribution in [0.15, 0.2) is 24.7 Å². The Labute approximate surface area is 107 Å². The summed E-state index contributed by atoms with van der Waals surface area (Å²) >= 11 is 6.56. The predicted octanol–water partition coefficient (Wildman–Crippen LogP) is 1.63. The minimum absolute atomic E-state index is 0.371. The second kappa shape index (κ2) is 4.14. The van der Waals surface area contributed by atoms with E-state index in [0.29, 0.717) is 26.5 Å². The minimum atomic E-state index is -0.443. The summed E-state index contributed by atoms with van der Waals surface area (Å²) in [6.45, 7) is 2.27. The zero-order valence-electron chi connectivity index (χ0n) is 8.25. The topological polar surface area (TPSA) is 67.8 Å². The number of hydrogen-bond donors (Lipinski definition) is 1. The van der Waals surface area contributed by atoms with Gasteiger partial charge in [0.25, 0.3) is 5.56 Å². The van der Waals surface area contributed by atoms with E-state index in [1.807, 2.05) is 6.92 Å². The average molecular weight is 349 g/mol. The molecular weight excluding hydrogens is 342 g/mol. The zero-order valence-corrected chi connectivity index (χ0v) is 11.4. The smallest absolute Gasteiger partial charge is 0.278 e. The lowest BCUT2D eigenvalue weighted by Crippen LogP contribution is -2.30. The molecule has 0 unspecified atom stereocenters. The number of nitrogens with zero attached hydrogens (tertiary/aromatic N) is 2. The third kappa shape index (κ3) is 1.63. The van der Waals surface area contributed by atoms with Crippen LogP contribution in [0.3, 0.4) is 0 Å². The molecule has 84 valence electrons. The molecule has 0 saturated heterocycles. The highest BCUT2D eigenvalue weighted by Crippen LogP contribution is 2.26. The number of aromatic amines is 1. The van der Waals surface area contributed by atoms with E-state index in [-0.39, 0.29) is 0 Å². The third-order valence-corrected chi connectivity index (χ3v) is 4.17. The van der Waals surface area contributed by atoms with Crippen LogP contribution in [0, 0.1) is 0 Å². The maximum absolute atomic E-state index is 11.7. The third-order valence-electron chi connectivity index (χ3n) is 2.22. The Balaban J connectivity index is 3.11. The monoisotopic (exact) mass is 347 g/mol. The maximum Gasteiger partial charge on any atom is 0.329 e. The predicted molar refractivity (Wildman–Crippen MR) is 67.7 cm³/mol.